The predicted molar refractivity (Wildman–Crippen MR) is 163 cm³/mol. The van der Waals surface area contributed by atoms with Gasteiger partial charge in [-0.3, -0.25) is 0 Å². The number of nitrogens with one attached hydrogen (secondary N) is 2. The zero-order valence-electron chi connectivity index (χ0n) is 27.1. The molecule has 4 bridgehead atoms. The number of ether oxygens (including phenoxy) is 5. The summed E-state index contributed by atoms with van der Waals surface area (Å²) in [5, 5.41) is 14.6. The number of hydrogen-bond acceptors (Lipinski definition) is 10. The third-order valence-electron chi connectivity index (χ3n) is 10.0. The van der Waals surface area contributed by atoms with Crippen LogP contribution in [-0.4, -0.2) is 110 Å². The molecule has 2 aliphatic carbocycles. The Morgan fingerprint density at radius 2 is 2.02 bits per heavy atom. The minimum Gasteiger partial charge on any atom is -0.456 e. The molecule has 12 atom stereocenters. The van der Waals surface area contributed by atoms with Gasteiger partial charge in [-0.2, -0.15) is 0 Å². The van der Waals surface area contributed by atoms with Crippen LogP contribution in [0.4, 0.5) is 4.79 Å². The van der Waals surface area contributed by atoms with E-state index in [0.717, 1.165) is 5.57 Å². The minimum absolute atomic E-state index is 0.215. The van der Waals surface area contributed by atoms with E-state index in [2.05, 4.69) is 10.3 Å². The number of amides is 1. The molecule has 1 saturated carbocycles. The topological polar surface area (TPSA) is 149 Å². The molecule has 45 heavy (non-hydrogen) atoms. The number of aliphatic hydroxyl groups excluding tert-OH is 1. The van der Waals surface area contributed by atoms with Crippen LogP contribution in [0.3, 0.4) is 0 Å². The van der Waals surface area contributed by atoms with E-state index in [9.17, 15) is 19.5 Å². The number of aliphatic hydroxyl groups is 1. The van der Waals surface area contributed by atoms with Gasteiger partial charge < -0.3 is 44.0 Å². The number of likely N-dealkylation sites (N-methyl/N-ethyl adjacent to an activating group) is 1. The first-order valence-corrected chi connectivity index (χ1v) is 15.8. The maximum Gasteiger partial charge on any atom is 0.407 e. The first-order chi connectivity index (χ1) is 21.4. The first kappa shape index (κ1) is 33.2. The number of aromatic amines is 1. The Morgan fingerprint density at radius 1 is 1.27 bits per heavy atom. The third-order valence-corrected chi connectivity index (χ3v) is 10.0. The monoisotopic (exact) mass is 629 g/mol. The fourth-order valence-corrected chi connectivity index (χ4v) is 7.79. The molecule has 4 aliphatic rings. The molecule has 3 heterocycles. The lowest BCUT2D eigenvalue weighted by molar-refractivity contribution is -0.172. The van der Waals surface area contributed by atoms with E-state index in [0.29, 0.717) is 18.8 Å². The van der Waals surface area contributed by atoms with Crippen LogP contribution in [0.5, 0.6) is 0 Å². The van der Waals surface area contributed by atoms with Crippen molar-refractivity contribution < 1.29 is 43.2 Å². The van der Waals surface area contributed by atoms with Gasteiger partial charge in [0, 0.05) is 56.0 Å². The summed E-state index contributed by atoms with van der Waals surface area (Å²) in [6.07, 6.45) is 2.77. The molecule has 1 amide bonds. The molecular formula is C33H47N3O9. The van der Waals surface area contributed by atoms with Crippen molar-refractivity contribution in [2.45, 2.75) is 76.3 Å². The summed E-state index contributed by atoms with van der Waals surface area (Å²) >= 11 is 0. The second-order valence-corrected chi connectivity index (χ2v) is 13.2. The summed E-state index contributed by atoms with van der Waals surface area (Å²) in [7, 11) is 5.27. The molecule has 1 spiro atoms. The molecule has 0 unspecified atom stereocenters. The lowest BCUT2D eigenvalue weighted by Gasteiger charge is -2.48. The number of carbonyl (C=O) groups excluding carboxylic acids is 3. The van der Waals surface area contributed by atoms with Crippen molar-refractivity contribution in [3.63, 3.8) is 0 Å². The van der Waals surface area contributed by atoms with E-state index in [4.69, 9.17) is 23.7 Å². The second-order valence-electron chi connectivity index (χ2n) is 13.2. The van der Waals surface area contributed by atoms with Gasteiger partial charge >= 0.3 is 18.0 Å². The van der Waals surface area contributed by atoms with Crippen LogP contribution in [0.15, 0.2) is 42.1 Å². The van der Waals surface area contributed by atoms with Crippen molar-refractivity contribution in [2.75, 3.05) is 34.3 Å². The van der Waals surface area contributed by atoms with Gasteiger partial charge in [0.15, 0.2) is 6.10 Å². The first-order valence-electron chi connectivity index (χ1n) is 15.8. The fourth-order valence-electron chi connectivity index (χ4n) is 7.79. The van der Waals surface area contributed by atoms with Crippen LogP contribution in [0, 0.1) is 29.6 Å². The van der Waals surface area contributed by atoms with Crippen molar-refractivity contribution in [1.82, 2.24) is 15.2 Å². The van der Waals surface area contributed by atoms with Crippen molar-refractivity contribution >= 4 is 18.0 Å². The van der Waals surface area contributed by atoms with Gasteiger partial charge in [0.25, 0.3) is 0 Å². The molecule has 1 saturated heterocycles. The van der Waals surface area contributed by atoms with Crippen LogP contribution in [0.25, 0.3) is 0 Å². The molecule has 12 heteroatoms. The van der Waals surface area contributed by atoms with Gasteiger partial charge in [-0.25, -0.2) is 14.4 Å². The average Bonchev–Trinajstić information content (AvgIpc) is 3.59. The highest BCUT2D eigenvalue weighted by molar-refractivity contribution is 5.87. The number of carbonyl (C=O) groups is 3. The van der Waals surface area contributed by atoms with E-state index in [-0.39, 0.29) is 24.2 Å². The molecule has 0 aromatic carbocycles. The number of H-pyrrole nitrogens is 1. The minimum atomic E-state index is -0.994. The fraction of sp³-hybridized carbons (Fsp3) is 0.667. The standard InChI is InChI=1S/C33H47N3O9/c1-17-15-18(2)33-21(16-24(41-7)31(39)43-27(17)20(4)42-32(40)35-13-14-36(5)6)10-11-22-25(33)26(37)19(3)28(29(22)45-33)44-30(38)23-9-8-12-34-23/h8-12,15,17,19-22,24-29,34,37H,13-14,16H2,1-7H3,(H,35,40)/b18-15+/t17-,19-,20-,21-,22-,24+,25+,26-,27+,28-,29-,33+/m1/s1. The maximum absolute atomic E-state index is 13.5. The van der Waals surface area contributed by atoms with E-state index in [1.54, 1.807) is 25.3 Å². The Kier molecular flexibility index (Phi) is 9.79. The number of aromatic nitrogens is 1. The summed E-state index contributed by atoms with van der Waals surface area (Å²) in [4.78, 5) is 44.0. The third kappa shape index (κ3) is 6.17. The van der Waals surface area contributed by atoms with Crippen molar-refractivity contribution in [3.8, 4) is 0 Å². The SMILES string of the molecule is CO[C@H]1C[C@H]2C=C[C@H]3[C@H]4O[C@]2(/C(C)=C/[C@@H](C)[C@@H]([C@@H](C)OC(=O)NCCN(C)C)OC1=O)[C@@H]3[C@H](O)[C@@H](C)[C@H]4OC(=O)c1ccc[nH]1. The zero-order chi connectivity index (χ0) is 32.6. The van der Waals surface area contributed by atoms with Gasteiger partial charge in [0.1, 0.15) is 35.7 Å². The molecule has 2 fully saturated rings. The molecule has 248 valence electrons. The molecule has 5 rings (SSSR count). The highest BCUT2D eigenvalue weighted by Gasteiger charge is 2.69. The van der Waals surface area contributed by atoms with Crippen LogP contribution in [0.2, 0.25) is 0 Å². The number of rotatable bonds is 8. The summed E-state index contributed by atoms with van der Waals surface area (Å²) in [5.74, 6) is -2.78. The summed E-state index contributed by atoms with van der Waals surface area (Å²) in [6.45, 7) is 8.50. The van der Waals surface area contributed by atoms with E-state index < -0.39 is 72.1 Å². The molecule has 0 radical (unpaired) electrons. The van der Waals surface area contributed by atoms with Gasteiger partial charge in [-0.05, 0) is 52.1 Å². The Morgan fingerprint density at radius 3 is 2.69 bits per heavy atom. The molecule has 1 aromatic heterocycles. The second kappa shape index (κ2) is 13.3. The number of esters is 2. The smallest absolute Gasteiger partial charge is 0.407 e. The normalized spacial score (nSPS) is 39.2. The van der Waals surface area contributed by atoms with Crippen LogP contribution in [-0.2, 0) is 28.5 Å². The van der Waals surface area contributed by atoms with Crippen LogP contribution in [0.1, 0.15) is 44.6 Å². The molecular weight excluding hydrogens is 582 g/mol. The largest absolute Gasteiger partial charge is 0.456 e. The highest BCUT2D eigenvalue weighted by Crippen LogP contribution is 2.61. The van der Waals surface area contributed by atoms with Crippen molar-refractivity contribution in [2.24, 2.45) is 29.6 Å². The van der Waals surface area contributed by atoms with E-state index in [1.165, 1.54) is 7.11 Å². The Hall–Kier alpha value is -3.19. The molecule has 2 aliphatic heterocycles. The van der Waals surface area contributed by atoms with E-state index >= 15 is 0 Å². The molecule has 12 nitrogen and oxygen atoms in total. The number of nitrogens with zero attached hydrogens (tertiary/aromatic N) is 1. The average molecular weight is 630 g/mol. The summed E-state index contributed by atoms with van der Waals surface area (Å²) < 4.78 is 30.4. The van der Waals surface area contributed by atoms with Gasteiger partial charge in [-0.1, -0.05) is 32.1 Å². The van der Waals surface area contributed by atoms with Crippen molar-refractivity contribution in [3.05, 3.63) is 47.8 Å². The Labute approximate surface area is 264 Å². The number of hydrogen-bond donors (Lipinski definition) is 3. The summed E-state index contributed by atoms with van der Waals surface area (Å²) in [5.41, 5.74) is 0.196. The van der Waals surface area contributed by atoms with Crippen LogP contribution < -0.4 is 5.32 Å². The van der Waals surface area contributed by atoms with E-state index in [1.807, 2.05) is 58.0 Å². The number of alkyl carbamates (subject to hydrolysis) is 1. The quantitative estimate of drug-likeness (QED) is 0.223. The van der Waals surface area contributed by atoms with Gasteiger partial charge in [0.05, 0.1) is 6.10 Å². The van der Waals surface area contributed by atoms with Gasteiger partial charge in [0.2, 0.25) is 0 Å². The van der Waals surface area contributed by atoms with Crippen molar-refractivity contribution in [1.29, 1.82) is 0 Å². The van der Waals surface area contributed by atoms with Crippen LogP contribution >= 0.6 is 0 Å². The number of methoxy groups -OCH3 is 1. The lowest BCUT2D eigenvalue weighted by Crippen LogP contribution is -2.57. The lowest BCUT2D eigenvalue weighted by atomic mass is 9.57. The highest BCUT2D eigenvalue weighted by atomic mass is 16.6. The maximum atomic E-state index is 13.5. The predicted octanol–water partition coefficient (Wildman–Crippen LogP) is 2.70. The zero-order valence-corrected chi connectivity index (χ0v) is 27.1. The van der Waals surface area contributed by atoms with Gasteiger partial charge in [-0.15, -0.1) is 0 Å². The Bertz CT molecular complexity index is 1300. The summed E-state index contributed by atoms with van der Waals surface area (Å²) in [6, 6.07) is 3.37. The molecule has 1 aromatic rings. The Balaban J connectivity index is 1.47. The number of cyclic esters (lactones) is 1. The molecule has 3 N–H and O–H groups in total.